The molecule has 0 spiro atoms. The van der Waals surface area contributed by atoms with Crippen LogP contribution in [0.25, 0.3) is 34.0 Å². The van der Waals surface area contributed by atoms with E-state index >= 15 is 0 Å². The Labute approximate surface area is 176 Å². The van der Waals surface area contributed by atoms with E-state index in [4.69, 9.17) is 4.42 Å². The molecule has 3 aromatic carbocycles. The molecule has 0 saturated heterocycles. The van der Waals surface area contributed by atoms with Crippen LogP contribution in [0.2, 0.25) is 0 Å². The third kappa shape index (κ3) is 4.48. The van der Waals surface area contributed by atoms with E-state index in [0.29, 0.717) is 18.3 Å². The van der Waals surface area contributed by atoms with Gasteiger partial charge < -0.3 is 14.8 Å². The molecule has 1 radical (unpaired) electrons. The van der Waals surface area contributed by atoms with Gasteiger partial charge in [-0.15, -0.1) is 10.2 Å². The highest BCUT2D eigenvalue weighted by Crippen LogP contribution is 2.32. The van der Waals surface area contributed by atoms with E-state index in [2.05, 4.69) is 40.6 Å². The number of aromatic nitrogens is 2. The lowest BCUT2D eigenvalue weighted by atomic mass is 9.96. The Morgan fingerprint density at radius 3 is 2.40 bits per heavy atom. The van der Waals surface area contributed by atoms with Crippen molar-refractivity contribution >= 4 is 0 Å². The number of benzene rings is 3. The van der Waals surface area contributed by atoms with Gasteiger partial charge in [0.25, 0.3) is 0 Å². The first-order valence-corrected chi connectivity index (χ1v) is 9.95. The second-order valence-electron chi connectivity index (χ2n) is 7.25. The van der Waals surface area contributed by atoms with Crippen LogP contribution in [0.1, 0.15) is 18.1 Å². The number of nitrogens with one attached hydrogen (secondary N) is 1. The van der Waals surface area contributed by atoms with Crippen LogP contribution in [-0.2, 0) is 6.54 Å². The van der Waals surface area contributed by atoms with Gasteiger partial charge in [-0.3, -0.25) is 0 Å². The Hall–Kier alpha value is -3.28. The van der Waals surface area contributed by atoms with Gasteiger partial charge in [-0.1, -0.05) is 54.6 Å². The summed E-state index contributed by atoms with van der Waals surface area (Å²) in [5, 5.41) is 21.0. The van der Waals surface area contributed by atoms with Crippen molar-refractivity contribution in [1.82, 2.24) is 15.5 Å². The number of aliphatic hydroxyl groups excluding tert-OH is 1. The summed E-state index contributed by atoms with van der Waals surface area (Å²) in [6.45, 7) is 6.04. The summed E-state index contributed by atoms with van der Waals surface area (Å²) >= 11 is 0. The molecule has 1 heterocycles. The summed E-state index contributed by atoms with van der Waals surface area (Å²) in [5.74, 6) is 0.988. The number of nitrogens with zero attached hydrogens (tertiary/aromatic N) is 2. The molecule has 30 heavy (non-hydrogen) atoms. The van der Waals surface area contributed by atoms with Crippen LogP contribution < -0.4 is 5.32 Å². The zero-order valence-electron chi connectivity index (χ0n) is 17.0. The van der Waals surface area contributed by atoms with E-state index in [1.54, 1.807) is 13.5 Å². The van der Waals surface area contributed by atoms with E-state index in [0.717, 1.165) is 33.4 Å². The van der Waals surface area contributed by atoms with Gasteiger partial charge in [0.1, 0.15) is 0 Å². The molecule has 0 saturated carbocycles. The number of rotatable bonds is 7. The summed E-state index contributed by atoms with van der Waals surface area (Å²) in [6, 6.07) is 24.3. The zero-order chi connectivity index (χ0) is 20.9. The van der Waals surface area contributed by atoms with Gasteiger partial charge in [0.15, 0.2) is 0 Å². The number of hydrogen-bond acceptors (Lipinski definition) is 5. The number of aliphatic hydroxyl groups is 1. The summed E-state index contributed by atoms with van der Waals surface area (Å²) in [6.07, 6.45) is -0.499. The topological polar surface area (TPSA) is 71.2 Å². The molecule has 0 aliphatic rings. The molecule has 0 aliphatic carbocycles. The molecule has 1 aromatic heterocycles. The second kappa shape index (κ2) is 9.03. The van der Waals surface area contributed by atoms with Crippen molar-refractivity contribution in [2.24, 2.45) is 0 Å². The molecule has 4 rings (SSSR count). The van der Waals surface area contributed by atoms with Crippen molar-refractivity contribution in [3.63, 3.8) is 0 Å². The van der Waals surface area contributed by atoms with E-state index < -0.39 is 6.10 Å². The Kier molecular flexibility index (Phi) is 6.02. The minimum absolute atomic E-state index is 0.482. The smallest absolute Gasteiger partial charge is 0.248 e. The second-order valence-corrected chi connectivity index (χ2v) is 7.25. The fraction of sp³-hybridized carbons (Fsp3) is 0.160. The van der Waals surface area contributed by atoms with Crippen molar-refractivity contribution in [2.45, 2.75) is 26.5 Å². The maximum absolute atomic E-state index is 9.34. The largest absolute Gasteiger partial charge is 0.416 e. The lowest BCUT2D eigenvalue weighted by Gasteiger charge is -2.09. The lowest BCUT2D eigenvalue weighted by molar-refractivity contribution is 0.218. The molecule has 4 aromatic rings. The van der Waals surface area contributed by atoms with Crippen molar-refractivity contribution in [3.05, 3.63) is 90.5 Å². The minimum Gasteiger partial charge on any atom is -0.416 e. The van der Waals surface area contributed by atoms with Crippen LogP contribution in [0.15, 0.2) is 77.2 Å². The molecule has 1 atom stereocenters. The first kappa shape index (κ1) is 20.0. The summed E-state index contributed by atoms with van der Waals surface area (Å²) in [4.78, 5) is 0. The highest BCUT2D eigenvalue weighted by molar-refractivity contribution is 5.75. The van der Waals surface area contributed by atoms with Crippen LogP contribution in [-0.4, -0.2) is 21.4 Å². The molecule has 0 fully saturated rings. The normalized spacial score (nSPS) is 12.1. The van der Waals surface area contributed by atoms with Crippen LogP contribution in [0.4, 0.5) is 0 Å². The van der Waals surface area contributed by atoms with Gasteiger partial charge >= 0.3 is 0 Å². The standard InChI is InChI=1S/C25H24N3O2/c1-17(29)15-26-16-19-8-6-11-21(14-19)24-27-28-25(30-24)23-13-7-12-22(18(23)2)20-9-4-3-5-10-20/h3-15,17,26,29H,16H2,1-2H3/t17-/m1/s1. The van der Waals surface area contributed by atoms with Gasteiger partial charge in [-0.2, -0.15) is 0 Å². The summed E-state index contributed by atoms with van der Waals surface area (Å²) in [7, 11) is 0. The van der Waals surface area contributed by atoms with E-state index in [-0.39, 0.29) is 0 Å². The minimum atomic E-state index is -0.499. The van der Waals surface area contributed by atoms with Gasteiger partial charge in [-0.05, 0) is 54.3 Å². The Morgan fingerprint density at radius 1 is 0.900 bits per heavy atom. The van der Waals surface area contributed by atoms with Crippen molar-refractivity contribution < 1.29 is 9.52 Å². The first-order chi connectivity index (χ1) is 14.6. The fourth-order valence-corrected chi connectivity index (χ4v) is 3.41. The Bertz CT molecular complexity index is 1120. The van der Waals surface area contributed by atoms with Crippen molar-refractivity contribution in [2.75, 3.05) is 0 Å². The molecule has 2 N–H and O–H groups in total. The highest BCUT2D eigenvalue weighted by atomic mass is 16.4. The monoisotopic (exact) mass is 398 g/mol. The van der Waals surface area contributed by atoms with Crippen LogP contribution >= 0.6 is 0 Å². The predicted molar refractivity (Wildman–Crippen MR) is 118 cm³/mol. The SMILES string of the molecule is Cc1c(-c2ccccc2)cccc1-c1nnc(-c2cccc(CN[CH][C@@H](C)O)c2)o1. The van der Waals surface area contributed by atoms with Crippen LogP contribution in [0, 0.1) is 13.5 Å². The Morgan fingerprint density at radius 2 is 1.60 bits per heavy atom. The van der Waals surface area contributed by atoms with Crippen molar-refractivity contribution in [3.8, 4) is 34.0 Å². The van der Waals surface area contributed by atoms with Gasteiger partial charge in [0.2, 0.25) is 11.8 Å². The molecule has 5 nitrogen and oxygen atoms in total. The third-order valence-electron chi connectivity index (χ3n) is 4.91. The van der Waals surface area contributed by atoms with Crippen molar-refractivity contribution in [1.29, 1.82) is 0 Å². The lowest BCUT2D eigenvalue weighted by Crippen LogP contribution is -2.17. The summed E-state index contributed by atoms with van der Waals surface area (Å²) < 4.78 is 6.03. The Balaban J connectivity index is 1.60. The maximum Gasteiger partial charge on any atom is 0.248 e. The van der Waals surface area contributed by atoms with Crippen LogP contribution in [0.3, 0.4) is 0 Å². The maximum atomic E-state index is 9.34. The third-order valence-corrected chi connectivity index (χ3v) is 4.91. The van der Waals surface area contributed by atoms with E-state index in [1.807, 2.05) is 54.6 Å². The summed E-state index contributed by atoms with van der Waals surface area (Å²) in [5.41, 5.74) is 6.26. The molecule has 0 unspecified atom stereocenters. The van der Waals surface area contributed by atoms with Gasteiger partial charge in [0.05, 0.1) is 12.6 Å². The number of hydrogen-bond donors (Lipinski definition) is 2. The van der Waals surface area contributed by atoms with Gasteiger partial charge in [0, 0.05) is 17.7 Å². The zero-order valence-corrected chi connectivity index (χ0v) is 17.0. The molecule has 5 heteroatoms. The molecular weight excluding hydrogens is 374 g/mol. The molecule has 0 aliphatic heterocycles. The molecular formula is C25H24N3O2. The average molecular weight is 398 g/mol. The molecule has 0 bridgehead atoms. The van der Waals surface area contributed by atoms with Crippen LogP contribution in [0.5, 0.6) is 0 Å². The average Bonchev–Trinajstić information content (AvgIpc) is 3.25. The van der Waals surface area contributed by atoms with Gasteiger partial charge in [-0.25, -0.2) is 0 Å². The fourth-order valence-electron chi connectivity index (χ4n) is 3.41. The molecule has 151 valence electrons. The predicted octanol–water partition coefficient (Wildman–Crippen LogP) is 5.01. The highest BCUT2D eigenvalue weighted by Gasteiger charge is 2.15. The molecule has 0 amide bonds. The quantitative estimate of drug-likeness (QED) is 0.458. The van der Waals surface area contributed by atoms with E-state index in [9.17, 15) is 5.11 Å². The first-order valence-electron chi connectivity index (χ1n) is 9.95. The van der Waals surface area contributed by atoms with E-state index in [1.165, 1.54) is 0 Å².